The summed E-state index contributed by atoms with van der Waals surface area (Å²) in [7, 11) is -3.75. The van der Waals surface area contributed by atoms with Crippen LogP contribution in [-0.4, -0.2) is 47.5 Å². The van der Waals surface area contributed by atoms with Crippen LogP contribution in [0.2, 0.25) is 0 Å². The smallest absolute Gasteiger partial charge is 0.407 e. The van der Waals surface area contributed by atoms with E-state index in [0.29, 0.717) is 11.3 Å². The highest BCUT2D eigenvalue weighted by molar-refractivity contribution is 7.89. The average molecular weight is 589 g/mol. The van der Waals surface area contributed by atoms with Crippen molar-refractivity contribution in [3.63, 3.8) is 0 Å². The Morgan fingerprint density at radius 1 is 1.18 bits per heavy atom. The number of nitrogens with one attached hydrogen (secondary N) is 3. The number of carbonyl (C=O) groups excluding carboxylic acids is 1. The zero-order chi connectivity index (χ0) is 29.1. The summed E-state index contributed by atoms with van der Waals surface area (Å²) in [6, 6.07) is 7.47. The number of hydrogen-bond donors (Lipinski definition) is 3. The highest BCUT2D eigenvalue weighted by Gasteiger charge is 2.28. The second-order valence-corrected chi connectivity index (χ2v) is 14.1. The van der Waals surface area contributed by atoms with Crippen LogP contribution in [0.15, 0.2) is 41.6 Å². The van der Waals surface area contributed by atoms with Crippen molar-refractivity contribution in [2.24, 2.45) is 0 Å². The van der Waals surface area contributed by atoms with Crippen LogP contribution in [0, 0.1) is 0 Å². The summed E-state index contributed by atoms with van der Waals surface area (Å²) in [5.74, 6) is 1.05. The first-order valence-corrected chi connectivity index (χ1v) is 16.1. The van der Waals surface area contributed by atoms with Gasteiger partial charge in [-0.2, -0.15) is 5.10 Å². The van der Waals surface area contributed by atoms with E-state index in [-0.39, 0.29) is 35.5 Å². The van der Waals surface area contributed by atoms with E-state index in [1.165, 1.54) is 11.3 Å². The third-order valence-electron chi connectivity index (χ3n) is 6.62. The molecule has 1 saturated carbocycles. The van der Waals surface area contributed by atoms with E-state index < -0.39 is 15.6 Å². The summed E-state index contributed by atoms with van der Waals surface area (Å²) in [4.78, 5) is 17.9. The molecule has 0 atom stereocenters. The lowest BCUT2D eigenvalue weighted by Crippen LogP contribution is -2.40. The van der Waals surface area contributed by atoms with Gasteiger partial charge in [0, 0.05) is 48.1 Å². The van der Waals surface area contributed by atoms with E-state index >= 15 is 0 Å². The van der Waals surface area contributed by atoms with E-state index in [1.807, 2.05) is 57.5 Å². The van der Waals surface area contributed by atoms with Crippen LogP contribution in [0.3, 0.4) is 0 Å². The number of aromatic nitrogens is 3. The van der Waals surface area contributed by atoms with E-state index in [2.05, 4.69) is 20.5 Å². The Hall–Kier alpha value is -2.96. The molecule has 0 radical (unpaired) electrons. The molecule has 0 spiro atoms. The lowest BCUT2D eigenvalue weighted by molar-refractivity contribution is 0.0491. The minimum Gasteiger partial charge on any atom is -0.444 e. The average Bonchev–Trinajstić information content (AvgIpc) is 3.53. The van der Waals surface area contributed by atoms with Crippen molar-refractivity contribution in [3.05, 3.63) is 41.7 Å². The molecule has 4 rings (SSSR count). The van der Waals surface area contributed by atoms with Gasteiger partial charge in [0.1, 0.15) is 11.4 Å². The monoisotopic (exact) mass is 588 g/mol. The van der Waals surface area contributed by atoms with Crippen molar-refractivity contribution in [2.45, 2.75) is 95.7 Å². The number of ether oxygens (including phenoxy) is 1. The number of carbonyl (C=O) groups is 1. The summed E-state index contributed by atoms with van der Waals surface area (Å²) < 4.78 is 36.4. The van der Waals surface area contributed by atoms with Crippen molar-refractivity contribution >= 4 is 39.0 Å². The molecule has 2 heterocycles. The summed E-state index contributed by atoms with van der Waals surface area (Å²) in [5, 5.41) is 11.6. The normalized spacial score (nSPS) is 18.1. The first kappa shape index (κ1) is 30.0. The van der Waals surface area contributed by atoms with Crippen molar-refractivity contribution in [1.82, 2.24) is 24.8 Å². The minimum absolute atomic E-state index is 0.0782. The molecule has 3 N–H and O–H groups in total. The van der Waals surface area contributed by atoms with Gasteiger partial charge in [-0.1, -0.05) is 13.0 Å². The Bertz CT molecular complexity index is 1420. The highest BCUT2D eigenvalue weighted by atomic mass is 32.2. The first-order valence-electron chi connectivity index (χ1n) is 13.8. The molecule has 10 nitrogen and oxygen atoms in total. The maximum absolute atomic E-state index is 13.3. The molecule has 1 fully saturated rings. The summed E-state index contributed by atoms with van der Waals surface area (Å²) in [6.45, 7) is 11.7. The van der Waals surface area contributed by atoms with Gasteiger partial charge in [-0.3, -0.25) is 0 Å². The molecular weight excluding hydrogens is 548 g/mol. The van der Waals surface area contributed by atoms with Crippen molar-refractivity contribution in [3.8, 4) is 10.4 Å². The summed E-state index contributed by atoms with van der Waals surface area (Å²) in [6.07, 6.45) is 6.57. The number of anilines is 2. The van der Waals surface area contributed by atoms with Gasteiger partial charge in [-0.05, 0) is 72.4 Å². The molecule has 2 aromatic heterocycles. The van der Waals surface area contributed by atoms with Crippen LogP contribution < -0.4 is 15.4 Å². The molecule has 40 heavy (non-hydrogen) atoms. The zero-order valence-electron chi connectivity index (χ0n) is 24.0. The Kier molecular flexibility index (Phi) is 9.21. The van der Waals surface area contributed by atoms with Gasteiger partial charge in [0.2, 0.25) is 10.0 Å². The number of amides is 1. The van der Waals surface area contributed by atoms with Crippen LogP contribution in [0.4, 0.5) is 16.3 Å². The summed E-state index contributed by atoms with van der Waals surface area (Å²) >= 11 is 1.53. The fourth-order valence-electron chi connectivity index (χ4n) is 4.83. The van der Waals surface area contributed by atoms with Crippen LogP contribution in [0.5, 0.6) is 0 Å². The number of nitrogens with zero attached hydrogens (tertiary/aromatic N) is 3. The van der Waals surface area contributed by atoms with Gasteiger partial charge in [0.25, 0.3) is 0 Å². The summed E-state index contributed by atoms with van der Waals surface area (Å²) in [5.41, 5.74) is 0.749. The number of sulfonamides is 1. The van der Waals surface area contributed by atoms with E-state index in [1.54, 1.807) is 25.4 Å². The quantitative estimate of drug-likeness (QED) is 0.272. The van der Waals surface area contributed by atoms with E-state index in [9.17, 15) is 13.2 Å². The molecule has 0 aliphatic heterocycles. The number of benzene rings is 1. The Balaban J connectivity index is 1.52. The number of hydrogen-bond acceptors (Lipinski definition) is 8. The molecule has 3 aromatic rings. The Morgan fingerprint density at radius 3 is 2.55 bits per heavy atom. The fraction of sp³-hybridized carbons (Fsp3) is 0.536. The number of rotatable bonds is 9. The molecule has 0 saturated heterocycles. The maximum atomic E-state index is 13.3. The molecule has 1 aromatic carbocycles. The largest absolute Gasteiger partial charge is 0.444 e. The Labute approximate surface area is 241 Å². The molecule has 1 aliphatic carbocycles. The van der Waals surface area contributed by atoms with Crippen LogP contribution in [0.25, 0.3) is 10.4 Å². The van der Waals surface area contributed by atoms with Gasteiger partial charge < -0.3 is 15.4 Å². The van der Waals surface area contributed by atoms with Gasteiger partial charge in [0.05, 0.1) is 21.0 Å². The van der Waals surface area contributed by atoms with Gasteiger partial charge in [-0.25, -0.2) is 27.6 Å². The maximum Gasteiger partial charge on any atom is 0.407 e. The topological polar surface area (TPSA) is 127 Å². The second kappa shape index (κ2) is 12.3. The predicted octanol–water partition coefficient (Wildman–Crippen LogP) is 6.18. The van der Waals surface area contributed by atoms with Crippen molar-refractivity contribution in [1.29, 1.82) is 0 Å². The first-order chi connectivity index (χ1) is 18.9. The highest BCUT2D eigenvalue weighted by Crippen LogP contribution is 2.40. The van der Waals surface area contributed by atoms with Crippen LogP contribution in [0.1, 0.15) is 84.2 Å². The molecule has 218 valence electrons. The van der Waals surface area contributed by atoms with Gasteiger partial charge in [-0.15, -0.1) is 11.3 Å². The molecular formula is C28H40N6O4S2. The fourth-order valence-corrected chi connectivity index (χ4v) is 7.30. The zero-order valence-corrected chi connectivity index (χ0v) is 25.7. The van der Waals surface area contributed by atoms with Gasteiger partial charge in [0.15, 0.2) is 0 Å². The molecule has 1 aliphatic rings. The van der Waals surface area contributed by atoms with Crippen molar-refractivity contribution in [2.75, 3.05) is 11.9 Å². The number of alkyl carbamates (subject to hydrolysis) is 1. The molecule has 0 bridgehead atoms. The molecule has 0 unspecified atom stereocenters. The third-order valence-corrected chi connectivity index (χ3v) is 9.40. The third kappa shape index (κ3) is 7.41. The van der Waals surface area contributed by atoms with Crippen LogP contribution >= 0.6 is 11.3 Å². The lowest BCUT2D eigenvalue weighted by Gasteiger charge is -2.29. The number of thiazole rings is 1. The van der Waals surface area contributed by atoms with E-state index in [0.717, 1.165) is 41.4 Å². The standard InChI is InChI=1S/C28H40N6O4S2/c1-7-31-40(36,37)24-16-21(32-25-14-15-30-34(25)18(2)3)12-13-22(24)23-17-29-26(39-23)19-8-10-20(11-9-19)33-27(35)38-28(4,5)6/h12-20,31-32H,7-11H2,1-6H3,(H,33,35)/t19-,20-. The van der Waals surface area contributed by atoms with E-state index in [4.69, 9.17) is 9.72 Å². The minimum atomic E-state index is -3.75. The SMILES string of the molecule is CCNS(=O)(=O)c1cc(Nc2ccnn2C(C)C)ccc1-c1cnc([C@H]2CC[C@H](NC(=O)OC(C)(C)C)CC2)s1. The second-order valence-electron chi connectivity index (χ2n) is 11.3. The predicted molar refractivity (Wildman–Crippen MR) is 159 cm³/mol. The van der Waals surface area contributed by atoms with Crippen molar-refractivity contribution < 1.29 is 17.9 Å². The Morgan fingerprint density at radius 2 is 1.90 bits per heavy atom. The van der Waals surface area contributed by atoms with Crippen LogP contribution in [-0.2, 0) is 14.8 Å². The lowest BCUT2D eigenvalue weighted by atomic mass is 9.86. The molecule has 1 amide bonds. The molecule has 12 heteroatoms. The van der Waals surface area contributed by atoms with Gasteiger partial charge >= 0.3 is 6.09 Å².